The summed E-state index contributed by atoms with van der Waals surface area (Å²) >= 11 is 0. The molecule has 28 heavy (non-hydrogen) atoms. The predicted octanol–water partition coefficient (Wildman–Crippen LogP) is 6.53. The van der Waals surface area contributed by atoms with E-state index in [0.29, 0.717) is 12.2 Å². The Bertz CT molecular complexity index is 715. The number of ether oxygens (including phenoxy) is 1. The summed E-state index contributed by atoms with van der Waals surface area (Å²) in [4.78, 5) is 20.9. The molecule has 0 unspecified atom stereocenters. The third-order valence-corrected chi connectivity index (χ3v) is 4.94. The summed E-state index contributed by atoms with van der Waals surface area (Å²) in [5.74, 6) is 0.416. The predicted molar refractivity (Wildman–Crippen MR) is 114 cm³/mol. The average Bonchev–Trinajstić information content (AvgIpc) is 2.72. The molecule has 0 amide bonds. The third kappa shape index (κ3) is 7.41. The highest BCUT2D eigenvalue weighted by atomic mass is 16.5. The zero-order valence-corrected chi connectivity index (χ0v) is 17.5. The second-order valence-electron chi connectivity index (χ2n) is 7.34. The molecule has 0 aliphatic carbocycles. The van der Waals surface area contributed by atoms with Gasteiger partial charge in [-0.15, -0.1) is 0 Å². The standard InChI is InChI=1S/C24H34N2O2/c1-3-5-7-8-9-11-14-20-18-25-19-26-24(20)21-15-12-13-16-22(21)28-23(27)17-10-6-4-2/h12-13,15-16,18-19H,3-11,14,17H2,1-2H3. The second-order valence-corrected chi connectivity index (χ2v) is 7.34. The first-order valence-electron chi connectivity index (χ1n) is 10.8. The highest BCUT2D eigenvalue weighted by molar-refractivity contribution is 5.77. The van der Waals surface area contributed by atoms with Crippen molar-refractivity contribution in [2.24, 2.45) is 0 Å². The SMILES string of the molecule is CCCCCCCCc1cncnc1-c1ccccc1OC(=O)CCCCC. The molecule has 0 spiro atoms. The zero-order valence-electron chi connectivity index (χ0n) is 17.5. The molecule has 0 fully saturated rings. The van der Waals surface area contributed by atoms with Gasteiger partial charge in [-0.25, -0.2) is 9.97 Å². The number of carbonyl (C=O) groups excluding carboxylic acids is 1. The van der Waals surface area contributed by atoms with Crippen LogP contribution in [0.4, 0.5) is 0 Å². The average molecular weight is 383 g/mol. The van der Waals surface area contributed by atoms with Crippen LogP contribution >= 0.6 is 0 Å². The summed E-state index contributed by atoms with van der Waals surface area (Å²) in [6.07, 6.45) is 15.4. The van der Waals surface area contributed by atoms with Crippen molar-refractivity contribution in [3.63, 3.8) is 0 Å². The third-order valence-electron chi connectivity index (χ3n) is 4.94. The normalized spacial score (nSPS) is 10.8. The Hall–Kier alpha value is -2.23. The van der Waals surface area contributed by atoms with Gasteiger partial charge in [-0.2, -0.15) is 0 Å². The van der Waals surface area contributed by atoms with Crippen molar-refractivity contribution in [2.45, 2.75) is 84.5 Å². The zero-order chi connectivity index (χ0) is 20.0. The molecule has 0 aliphatic heterocycles. The molecule has 1 heterocycles. The number of unbranched alkanes of at least 4 members (excludes halogenated alkanes) is 7. The minimum absolute atomic E-state index is 0.174. The lowest BCUT2D eigenvalue weighted by molar-refractivity contribution is -0.134. The van der Waals surface area contributed by atoms with Gasteiger partial charge in [-0.3, -0.25) is 4.79 Å². The van der Waals surface area contributed by atoms with E-state index in [1.54, 1.807) is 6.33 Å². The van der Waals surface area contributed by atoms with Crippen LogP contribution in [-0.4, -0.2) is 15.9 Å². The maximum atomic E-state index is 12.2. The van der Waals surface area contributed by atoms with E-state index in [9.17, 15) is 4.79 Å². The maximum absolute atomic E-state index is 12.2. The van der Waals surface area contributed by atoms with Crippen LogP contribution in [-0.2, 0) is 11.2 Å². The van der Waals surface area contributed by atoms with Gasteiger partial charge >= 0.3 is 5.97 Å². The molecule has 0 saturated heterocycles. The quantitative estimate of drug-likeness (QED) is 0.224. The van der Waals surface area contributed by atoms with E-state index in [2.05, 4.69) is 23.8 Å². The minimum atomic E-state index is -0.174. The van der Waals surface area contributed by atoms with E-state index in [1.165, 1.54) is 32.1 Å². The Labute approximate surface area is 169 Å². The molecule has 0 bridgehead atoms. The second kappa shape index (κ2) is 13.0. The van der Waals surface area contributed by atoms with E-state index in [4.69, 9.17) is 4.74 Å². The van der Waals surface area contributed by atoms with Crippen LogP contribution < -0.4 is 4.74 Å². The summed E-state index contributed by atoms with van der Waals surface area (Å²) in [6, 6.07) is 7.68. The van der Waals surface area contributed by atoms with Gasteiger partial charge in [-0.05, 0) is 37.0 Å². The summed E-state index contributed by atoms with van der Waals surface area (Å²) in [7, 11) is 0. The van der Waals surface area contributed by atoms with E-state index in [0.717, 1.165) is 48.9 Å². The summed E-state index contributed by atoms with van der Waals surface area (Å²) in [6.45, 7) is 4.36. The van der Waals surface area contributed by atoms with Crippen LogP contribution in [0.5, 0.6) is 5.75 Å². The minimum Gasteiger partial charge on any atom is -0.426 e. The molecule has 0 aliphatic rings. The topological polar surface area (TPSA) is 52.1 Å². The number of rotatable bonds is 13. The van der Waals surface area contributed by atoms with Crippen molar-refractivity contribution < 1.29 is 9.53 Å². The Morgan fingerprint density at radius 2 is 1.64 bits per heavy atom. The number of benzene rings is 1. The molecule has 1 aromatic carbocycles. The van der Waals surface area contributed by atoms with Gasteiger partial charge in [0.25, 0.3) is 0 Å². The van der Waals surface area contributed by atoms with Crippen molar-refractivity contribution in [1.82, 2.24) is 9.97 Å². The maximum Gasteiger partial charge on any atom is 0.311 e. The summed E-state index contributed by atoms with van der Waals surface area (Å²) in [5.41, 5.74) is 2.86. The van der Waals surface area contributed by atoms with Gasteiger partial charge in [-0.1, -0.05) is 70.9 Å². The highest BCUT2D eigenvalue weighted by Gasteiger charge is 2.14. The largest absolute Gasteiger partial charge is 0.426 e. The van der Waals surface area contributed by atoms with Crippen LogP contribution in [0.3, 0.4) is 0 Å². The molecule has 0 atom stereocenters. The summed E-state index contributed by atoms with van der Waals surface area (Å²) in [5, 5.41) is 0. The van der Waals surface area contributed by atoms with Crippen molar-refractivity contribution in [3.8, 4) is 17.0 Å². The Kier molecular flexibility index (Phi) is 10.3. The molecule has 2 aromatic rings. The molecule has 0 radical (unpaired) electrons. The van der Waals surface area contributed by atoms with E-state index < -0.39 is 0 Å². The van der Waals surface area contributed by atoms with Crippen molar-refractivity contribution in [1.29, 1.82) is 0 Å². The van der Waals surface area contributed by atoms with Crippen molar-refractivity contribution in [3.05, 3.63) is 42.4 Å². The first kappa shape index (κ1) is 22.1. The molecule has 1 aromatic heterocycles. The molecular formula is C24H34N2O2. The number of nitrogens with zero attached hydrogens (tertiary/aromatic N) is 2. The number of hydrogen-bond donors (Lipinski definition) is 0. The number of aromatic nitrogens is 2. The number of hydrogen-bond acceptors (Lipinski definition) is 4. The van der Waals surface area contributed by atoms with Gasteiger partial charge in [0, 0.05) is 18.2 Å². The first-order valence-corrected chi connectivity index (χ1v) is 10.8. The monoisotopic (exact) mass is 382 g/mol. The summed E-state index contributed by atoms with van der Waals surface area (Å²) < 4.78 is 5.67. The van der Waals surface area contributed by atoms with Crippen LogP contribution in [0.25, 0.3) is 11.3 Å². The van der Waals surface area contributed by atoms with Crippen LogP contribution in [0.15, 0.2) is 36.8 Å². The van der Waals surface area contributed by atoms with Gasteiger partial charge in [0.05, 0.1) is 5.69 Å². The number of aryl methyl sites for hydroxylation is 1. The van der Waals surface area contributed by atoms with Crippen LogP contribution in [0.1, 0.15) is 83.6 Å². The van der Waals surface area contributed by atoms with Crippen molar-refractivity contribution >= 4 is 5.97 Å². The Balaban J connectivity index is 2.05. The van der Waals surface area contributed by atoms with Gasteiger partial charge in [0.15, 0.2) is 0 Å². The molecule has 2 rings (SSSR count). The lowest BCUT2D eigenvalue weighted by Crippen LogP contribution is -2.09. The lowest BCUT2D eigenvalue weighted by atomic mass is 10.0. The smallest absolute Gasteiger partial charge is 0.311 e. The molecule has 4 heteroatoms. The van der Waals surface area contributed by atoms with Gasteiger partial charge < -0.3 is 4.74 Å². The number of para-hydroxylation sites is 1. The first-order chi connectivity index (χ1) is 13.8. The van der Waals surface area contributed by atoms with Crippen LogP contribution in [0.2, 0.25) is 0 Å². The Morgan fingerprint density at radius 1 is 0.929 bits per heavy atom. The van der Waals surface area contributed by atoms with E-state index in [-0.39, 0.29) is 5.97 Å². The van der Waals surface area contributed by atoms with Gasteiger partial charge in [0.2, 0.25) is 0 Å². The van der Waals surface area contributed by atoms with E-state index >= 15 is 0 Å². The number of esters is 1. The molecule has 152 valence electrons. The molecular weight excluding hydrogens is 348 g/mol. The Morgan fingerprint density at radius 3 is 2.46 bits per heavy atom. The van der Waals surface area contributed by atoms with Gasteiger partial charge in [0.1, 0.15) is 12.1 Å². The van der Waals surface area contributed by atoms with Crippen LogP contribution in [0, 0.1) is 0 Å². The molecule has 0 saturated carbocycles. The fourth-order valence-electron chi connectivity index (χ4n) is 3.32. The van der Waals surface area contributed by atoms with E-state index in [1.807, 2.05) is 30.5 Å². The fraction of sp³-hybridized carbons (Fsp3) is 0.542. The molecule has 0 N–H and O–H groups in total. The van der Waals surface area contributed by atoms with Crippen molar-refractivity contribution in [2.75, 3.05) is 0 Å². The number of carbonyl (C=O) groups is 1. The fourth-order valence-corrected chi connectivity index (χ4v) is 3.32. The lowest BCUT2D eigenvalue weighted by Gasteiger charge is -2.12. The molecule has 4 nitrogen and oxygen atoms in total. The highest BCUT2D eigenvalue weighted by Crippen LogP contribution is 2.31.